The van der Waals surface area contributed by atoms with E-state index >= 15 is 0 Å². The van der Waals surface area contributed by atoms with Crippen molar-refractivity contribution < 1.29 is 4.79 Å². The van der Waals surface area contributed by atoms with Gasteiger partial charge in [0.15, 0.2) is 5.96 Å². The molecule has 1 aromatic heterocycles. The van der Waals surface area contributed by atoms with E-state index in [0.717, 1.165) is 28.5 Å². The zero-order valence-electron chi connectivity index (χ0n) is 15.6. The molecule has 0 aliphatic heterocycles. The van der Waals surface area contributed by atoms with Crippen molar-refractivity contribution in [3.8, 4) is 0 Å². The minimum absolute atomic E-state index is 0.0128. The van der Waals surface area contributed by atoms with Gasteiger partial charge < -0.3 is 15.5 Å². The first-order chi connectivity index (χ1) is 11.9. The number of nitrogens with one attached hydrogen (secondary N) is 2. The van der Waals surface area contributed by atoms with Crippen LogP contribution >= 0.6 is 11.3 Å². The minimum Gasteiger partial charge on any atom is -0.353 e. The van der Waals surface area contributed by atoms with Gasteiger partial charge in [-0.05, 0) is 44.9 Å². The Hall–Kier alpha value is -1.63. The predicted molar refractivity (Wildman–Crippen MR) is 102 cm³/mol. The molecular formula is C18H29N5OS. The molecule has 0 saturated heterocycles. The quantitative estimate of drug-likeness (QED) is 0.621. The molecule has 0 spiro atoms. The number of aliphatic imine (C=N–C) groups is 1. The maximum atomic E-state index is 11.9. The fourth-order valence-electron chi connectivity index (χ4n) is 3.94. The van der Waals surface area contributed by atoms with Crippen LogP contribution in [0.25, 0.3) is 0 Å². The van der Waals surface area contributed by atoms with Crippen LogP contribution in [-0.2, 0) is 11.3 Å². The van der Waals surface area contributed by atoms with Crippen LogP contribution in [0.4, 0.5) is 0 Å². The average Bonchev–Trinajstić information content (AvgIpc) is 3.25. The first kappa shape index (κ1) is 18.2. The molecule has 1 aromatic rings. The van der Waals surface area contributed by atoms with E-state index in [1.54, 1.807) is 30.3 Å². The number of hydrogen-bond acceptors (Lipinski definition) is 4. The van der Waals surface area contributed by atoms with Crippen molar-refractivity contribution in [2.24, 2.45) is 16.8 Å². The van der Waals surface area contributed by atoms with Crippen molar-refractivity contribution in [3.63, 3.8) is 0 Å². The lowest BCUT2D eigenvalue weighted by Gasteiger charge is -2.25. The molecule has 0 aromatic carbocycles. The minimum atomic E-state index is 0.0128. The Kier molecular flexibility index (Phi) is 5.61. The zero-order valence-corrected chi connectivity index (χ0v) is 16.4. The van der Waals surface area contributed by atoms with Crippen LogP contribution in [-0.4, -0.2) is 48.4 Å². The van der Waals surface area contributed by atoms with Crippen LogP contribution in [0, 0.1) is 25.7 Å². The van der Waals surface area contributed by atoms with Crippen LogP contribution in [0.5, 0.6) is 0 Å². The average molecular weight is 364 g/mol. The molecular weight excluding hydrogens is 334 g/mol. The molecule has 2 N–H and O–H groups in total. The molecule has 2 aliphatic rings. The molecule has 2 aliphatic carbocycles. The Morgan fingerprint density at radius 2 is 2.12 bits per heavy atom. The molecule has 2 fully saturated rings. The standard InChI is InChI=1S/C18H29N5OS/c1-11-16(25-12(2)21-11)9-19-18(20-10-17(24)23(3)4)22-15-8-13-5-6-14(15)7-13/h13-15H,5-10H2,1-4H3,(H2,19,20,22). The van der Waals surface area contributed by atoms with Gasteiger partial charge in [-0.2, -0.15) is 0 Å². The number of hydrogen-bond donors (Lipinski definition) is 2. The summed E-state index contributed by atoms with van der Waals surface area (Å²) in [5.41, 5.74) is 1.07. The van der Waals surface area contributed by atoms with Gasteiger partial charge >= 0.3 is 0 Å². The first-order valence-corrected chi connectivity index (χ1v) is 9.92. The Labute approximate surface area is 154 Å². The van der Waals surface area contributed by atoms with Gasteiger partial charge in [0.2, 0.25) is 5.91 Å². The van der Waals surface area contributed by atoms with Crippen molar-refractivity contribution in [2.45, 2.75) is 52.1 Å². The van der Waals surface area contributed by atoms with Gasteiger partial charge in [0.25, 0.3) is 0 Å². The molecule has 0 radical (unpaired) electrons. The summed E-state index contributed by atoms with van der Waals surface area (Å²) in [5.74, 6) is 2.39. The molecule has 3 unspecified atom stereocenters. The van der Waals surface area contributed by atoms with Gasteiger partial charge in [-0.1, -0.05) is 6.42 Å². The second-order valence-corrected chi connectivity index (χ2v) is 8.76. The van der Waals surface area contributed by atoms with Gasteiger partial charge in [0, 0.05) is 25.0 Å². The van der Waals surface area contributed by atoms with Crippen LogP contribution in [0.3, 0.4) is 0 Å². The molecule has 25 heavy (non-hydrogen) atoms. The summed E-state index contributed by atoms with van der Waals surface area (Å²) in [7, 11) is 3.52. The number of carbonyl (C=O) groups excluding carboxylic acids is 1. The highest BCUT2D eigenvalue weighted by Crippen LogP contribution is 2.44. The van der Waals surface area contributed by atoms with Crippen LogP contribution in [0.1, 0.15) is 41.3 Å². The molecule has 1 heterocycles. The van der Waals surface area contributed by atoms with E-state index in [1.807, 2.05) is 13.8 Å². The smallest absolute Gasteiger partial charge is 0.243 e. The van der Waals surface area contributed by atoms with Gasteiger partial charge in [0.05, 0.1) is 17.2 Å². The second kappa shape index (κ2) is 7.72. The number of rotatable bonds is 5. The summed E-state index contributed by atoms with van der Waals surface area (Å²) in [6, 6.07) is 0.490. The second-order valence-electron chi connectivity index (χ2n) is 7.47. The summed E-state index contributed by atoms with van der Waals surface area (Å²) in [6.45, 7) is 4.93. The van der Waals surface area contributed by atoms with E-state index in [4.69, 9.17) is 0 Å². The van der Waals surface area contributed by atoms with Gasteiger partial charge in [-0.3, -0.25) is 4.79 Å². The lowest BCUT2D eigenvalue weighted by molar-refractivity contribution is -0.127. The van der Waals surface area contributed by atoms with E-state index in [9.17, 15) is 4.79 Å². The van der Waals surface area contributed by atoms with Crippen molar-refractivity contribution in [2.75, 3.05) is 20.6 Å². The topological polar surface area (TPSA) is 69.6 Å². The lowest BCUT2D eigenvalue weighted by Crippen LogP contribution is -2.45. The molecule has 2 saturated carbocycles. The summed E-state index contributed by atoms with van der Waals surface area (Å²) in [6.07, 6.45) is 5.26. The number of amides is 1. The third-order valence-electron chi connectivity index (χ3n) is 5.35. The van der Waals surface area contributed by atoms with Gasteiger partial charge in [-0.15, -0.1) is 11.3 Å². The molecule has 138 valence electrons. The number of likely N-dealkylation sites (N-methyl/N-ethyl adjacent to an activating group) is 1. The van der Waals surface area contributed by atoms with E-state index in [-0.39, 0.29) is 12.5 Å². The summed E-state index contributed by atoms with van der Waals surface area (Å²) >= 11 is 1.71. The third-order valence-corrected chi connectivity index (χ3v) is 6.42. The van der Waals surface area contributed by atoms with E-state index in [1.165, 1.54) is 30.6 Å². The Bertz CT molecular complexity index is 654. The highest BCUT2D eigenvalue weighted by Gasteiger charge is 2.39. The third kappa shape index (κ3) is 4.51. The van der Waals surface area contributed by atoms with E-state index in [0.29, 0.717) is 12.6 Å². The fourth-order valence-corrected chi connectivity index (χ4v) is 4.82. The monoisotopic (exact) mass is 363 g/mol. The number of fused-ring (bicyclic) bond motifs is 2. The number of thiazole rings is 1. The maximum Gasteiger partial charge on any atom is 0.243 e. The number of guanidine groups is 1. The highest BCUT2D eigenvalue weighted by molar-refractivity contribution is 7.11. The largest absolute Gasteiger partial charge is 0.353 e. The number of aromatic nitrogens is 1. The summed E-state index contributed by atoms with van der Waals surface area (Å²) in [5, 5.41) is 8.08. The first-order valence-electron chi connectivity index (χ1n) is 9.10. The van der Waals surface area contributed by atoms with Crippen LogP contribution < -0.4 is 10.6 Å². The molecule has 6 nitrogen and oxygen atoms in total. The SMILES string of the molecule is Cc1nc(C)c(CNC(=NCC(=O)N(C)C)NC2CC3CCC2C3)s1. The maximum absolute atomic E-state index is 11.9. The molecule has 3 rings (SSSR count). The molecule has 7 heteroatoms. The molecule has 1 amide bonds. The van der Waals surface area contributed by atoms with Gasteiger partial charge in [0.1, 0.15) is 6.54 Å². The zero-order chi connectivity index (χ0) is 18.0. The normalized spacial score (nSPS) is 25.3. The Balaban J connectivity index is 1.64. The van der Waals surface area contributed by atoms with Crippen LogP contribution in [0.2, 0.25) is 0 Å². The Morgan fingerprint density at radius 3 is 2.68 bits per heavy atom. The van der Waals surface area contributed by atoms with E-state index < -0.39 is 0 Å². The highest BCUT2D eigenvalue weighted by atomic mass is 32.1. The Morgan fingerprint density at radius 1 is 1.32 bits per heavy atom. The van der Waals surface area contributed by atoms with Gasteiger partial charge in [-0.25, -0.2) is 9.98 Å². The van der Waals surface area contributed by atoms with Crippen molar-refractivity contribution >= 4 is 23.2 Å². The fraction of sp³-hybridized carbons (Fsp3) is 0.722. The van der Waals surface area contributed by atoms with Crippen LogP contribution in [0.15, 0.2) is 4.99 Å². The summed E-state index contributed by atoms with van der Waals surface area (Å²) in [4.78, 5) is 23.7. The van der Waals surface area contributed by atoms with Crippen molar-refractivity contribution in [3.05, 3.63) is 15.6 Å². The number of aryl methyl sites for hydroxylation is 2. The lowest BCUT2D eigenvalue weighted by atomic mass is 9.95. The van der Waals surface area contributed by atoms with Crippen molar-refractivity contribution in [1.82, 2.24) is 20.5 Å². The van der Waals surface area contributed by atoms with E-state index in [2.05, 4.69) is 20.6 Å². The number of nitrogens with zero attached hydrogens (tertiary/aromatic N) is 3. The predicted octanol–water partition coefficient (Wildman–Crippen LogP) is 2.07. The molecule has 3 atom stereocenters. The number of carbonyl (C=O) groups is 1. The molecule has 2 bridgehead atoms. The summed E-state index contributed by atoms with van der Waals surface area (Å²) < 4.78 is 0. The van der Waals surface area contributed by atoms with Crippen molar-refractivity contribution in [1.29, 1.82) is 0 Å².